The number of rotatable bonds is 4. The summed E-state index contributed by atoms with van der Waals surface area (Å²) in [4.78, 5) is 21.8. The number of Topliss-reactive ketones (excluding diaryl/α,β-unsaturated/α-hetero) is 2. The Morgan fingerprint density at radius 3 is 2.56 bits per heavy atom. The van der Waals surface area contributed by atoms with E-state index in [4.69, 9.17) is 18.9 Å². The van der Waals surface area contributed by atoms with E-state index in [1.165, 1.54) is 13.8 Å². The average molecular weight is 376 g/mol. The van der Waals surface area contributed by atoms with Crippen LogP contribution in [0.25, 0.3) is 0 Å². The third-order valence-electron chi connectivity index (χ3n) is 2.59. The molecule has 0 aliphatic carbocycles. The molecule has 0 radical (unpaired) electrons. The van der Waals surface area contributed by atoms with Crippen LogP contribution >= 0.6 is 0 Å². The van der Waals surface area contributed by atoms with Gasteiger partial charge in [0.25, 0.3) is 0 Å². The summed E-state index contributed by atoms with van der Waals surface area (Å²) in [7, 11) is 0. The Morgan fingerprint density at radius 2 is 1.94 bits per heavy atom. The zero-order chi connectivity index (χ0) is 12.4. The Bertz CT molecular complexity index is 321. The molecule has 1 unspecified atom stereocenters. The molecule has 2 aliphatic heterocycles. The Hall–Kier alpha value is 1.10. The Balaban J connectivity index is 0.00000162. The fourth-order valence-electron chi connectivity index (χ4n) is 1.82. The van der Waals surface area contributed by atoms with Crippen molar-refractivity contribution < 1.29 is 97.4 Å². The van der Waals surface area contributed by atoms with Gasteiger partial charge in [-0.05, 0) is 13.8 Å². The van der Waals surface area contributed by atoms with Crippen LogP contribution < -0.4 is 68.9 Å². The van der Waals surface area contributed by atoms with E-state index in [0.29, 0.717) is 13.0 Å². The summed E-state index contributed by atoms with van der Waals surface area (Å²) in [6.07, 6.45) is -1.29. The van der Waals surface area contributed by atoms with Gasteiger partial charge < -0.3 is 23.7 Å². The molecule has 6 nitrogen and oxygen atoms in total. The van der Waals surface area contributed by atoms with Gasteiger partial charge in [0.1, 0.15) is 12.4 Å². The molecule has 2 fully saturated rings. The molecule has 18 heavy (non-hydrogen) atoms. The van der Waals surface area contributed by atoms with E-state index in [-0.39, 0.29) is 92.7 Å². The summed E-state index contributed by atoms with van der Waals surface area (Å²) < 4.78 is 21.2. The minimum atomic E-state index is -0.810. The standard InChI is InChI=1S/C11H15O6.Cs/c1-6(12)4-14-10-3-8-9(16-10)5-15-11(17-8)7(2)13;/h4,8-11H,3,5H2,1-2H3;/q-1;+1/t8-,9-,10+,11?;/m0./s1. The van der Waals surface area contributed by atoms with Gasteiger partial charge in [-0.2, -0.15) is 0 Å². The van der Waals surface area contributed by atoms with E-state index in [9.17, 15) is 9.59 Å². The number of ether oxygens (including phenoxy) is 4. The van der Waals surface area contributed by atoms with Gasteiger partial charge in [-0.15, -0.1) is 0 Å². The van der Waals surface area contributed by atoms with Crippen molar-refractivity contribution in [1.29, 1.82) is 0 Å². The molecule has 2 rings (SSSR count). The molecule has 96 valence electrons. The van der Waals surface area contributed by atoms with Gasteiger partial charge >= 0.3 is 68.9 Å². The molecule has 0 aromatic carbocycles. The van der Waals surface area contributed by atoms with Gasteiger partial charge in [-0.1, -0.05) is 0 Å². The van der Waals surface area contributed by atoms with Crippen molar-refractivity contribution in [3.63, 3.8) is 0 Å². The monoisotopic (exact) mass is 376 g/mol. The van der Waals surface area contributed by atoms with Gasteiger partial charge in [0.2, 0.25) is 6.29 Å². The third kappa shape index (κ3) is 4.58. The second-order valence-electron chi connectivity index (χ2n) is 4.15. The predicted molar refractivity (Wildman–Crippen MR) is 54.6 cm³/mol. The smallest absolute Gasteiger partial charge is 0.504 e. The van der Waals surface area contributed by atoms with Crippen molar-refractivity contribution in [2.24, 2.45) is 0 Å². The SMILES string of the molecule is CC(=O)[CH-]O[C@H]1C[C@@H]2OC(C(C)=O)OC[C@@H]2O1.[Cs+]. The number of hydrogen-bond acceptors (Lipinski definition) is 6. The van der Waals surface area contributed by atoms with Crippen LogP contribution in [0.5, 0.6) is 0 Å². The van der Waals surface area contributed by atoms with Crippen LogP contribution in [0.15, 0.2) is 0 Å². The van der Waals surface area contributed by atoms with Crippen molar-refractivity contribution >= 4 is 11.6 Å². The Kier molecular flexibility index (Phi) is 7.41. The van der Waals surface area contributed by atoms with Crippen LogP contribution in [0.1, 0.15) is 20.3 Å². The van der Waals surface area contributed by atoms with Gasteiger partial charge in [-0.3, -0.25) is 4.79 Å². The van der Waals surface area contributed by atoms with Gasteiger partial charge in [0.05, 0.1) is 12.7 Å². The van der Waals surface area contributed by atoms with Crippen LogP contribution in [-0.2, 0) is 28.5 Å². The van der Waals surface area contributed by atoms with Crippen molar-refractivity contribution in [2.75, 3.05) is 6.61 Å². The maximum atomic E-state index is 11.1. The molecule has 0 bridgehead atoms. The number of carbonyl (C=O) groups excluding carboxylic acids is 2. The van der Waals surface area contributed by atoms with E-state index in [0.717, 1.165) is 6.61 Å². The minimum Gasteiger partial charge on any atom is -0.504 e. The van der Waals surface area contributed by atoms with Crippen molar-refractivity contribution in [3.8, 4) is 0 Å². The molecule has 0 N–H and O–H groups in total. The van der Waals surface area contributed by atoms with Crippen LogP contribution in [0, 0.1) is 6.61 Å². The molecule has 2 heterocycles. The summed E-state index contributed by atoms with van der Waals surface area (Å²) in [5, 5.41) is 0. The second kappa shape index (κ2) is 7.77. The minimum absolute atomic E-state index is 0. The fourth-order valence-corrected chi connectivity index (χ4v) is 1.82. The fraction of sp³-hybridized carbons (Fsp3) is 0.727. The first-order valence-electron chi connectivity index (χ1n) is 5.48. The summed E-state index contributed by atoms with van der Waals surface area (Å²) in [5.74, 6) is -0.342. The van der Waals surface area contributed by atoms with Crippen molar-refractivity contribution in [3.05, 3.63) is 6.61 Å². The van der Waals surface area contributed by atoms with E-state index in [2.05, 4.69) is 0 Å². The largest absolute Gasteiger partial charge is 1.00 e. The number of ketones is 2. The maximum Gasteiger partial charge on any atom is 1.00 e. The number of fused-ring (bicyclic) bond motifs is 1. The third-order valence-corrected chi connectivity index (χ3v) is 2.59. The number of hydrogen-bond donors (Lipinski definition) is 0. The predicted octanol–water partition coefficient (Wildman–Crippen LogP) is -2.80. The number of carbonyl (C=O) groups is 2. The normalized spacial score (nSPS) is 34.3. The maximum absolute atomic E-state index is 11.1. The van der Waals surface area contributed by atoms with Gasteiger partial charge in [0, 0.05) is 12.2 Å². The molecule has 2 saturated heterocycles. The van der Waals surface area contributed by atoms with Crippen LogP contribution in [0.2, 0.25) is 0 Å². The molecule has 0 amide bonds. The van der Waals surface area contributed by atoms with Gasteiger partial charge in [0.15, 0.2) is 5.78 Å². The van der Waals surface area contributed by atoms with Crippen LogP contribution in [0.4, 0.5) is 0 Å². The molecule has 0 aromatic heterocycles. The molecule has 2 aliphatic rings. The molecule has 7 heteroatoms. The first-order valence-corrected chi connectivity index (χ1v) is 5.48. The molecule has 0 saturated carbocycles. The summed E-state index contributed by atoms with van der Waals surface area (Å²) >= 11 is 0. The summed E-state index contributed by atoms with van der Waals surface area (Å²) in [6, 6.07) is 0. The van der Waals surface area contributed by atoms with Crippen molar-refractivity contribution in [1.82, 2.24) is 0 Å². The molecular weight excluding hydrogens is 361 g/mol. The molecule has 0 aromatic rings. The Labute approximate surface area is 164 Å². The van der Waals surface area contributed by atoms with Crippen molar-refractivity contribution in [2.45, 2.75) is 45.1 Å². The van der Waals surface area contributed by atoms with E-state index >= 15 is 0 Å². The first-order chi connectivity index (χ1) is 8.06. The average Bonchev–Trinajstić information content (AvgIpc) is 2.67. The second-order valence-corrected chi connectivity index (χ2v) is 4.15. The van der Waals surface area contributed by atoms with Gasteiger partial charge in [-0.25, -0.2) is 6.61 Å². The summed E-state index contributed by atoms with van der Waals surface area (Å²) in [5.41, 5.74) is 0. The Morgan fingerprint density at radius 1 is 1.22 bits per heavy atom. The van der Waals surface area contributed by atoms with E-state index in [1.54, 1.807) is 0 Å². The summed E-state index contributed by atoms with van der Waals surface area (Å²) in [6.45, 7) is 4.23. The van der Waals surface area contributed by atoms with Crippen LogP contribution in [-0.4, -0.2) is 43.0 Å². The quantitative estimate of drug-likeness (QED) is 0.494. The zero-order valence-corrected chi connectivity index (χ0v) is 17.0. The van der Waals surface area contributed by atoms with E-state index in [1.807, 2.05) is 0 Å². The molecular formula is C11H15CsO6. The van der Waals surface area contributed by atoms with E-state index < -0.39 is 12.6 Å². The first kappa shape index (κ1) is 17.2. The molecule has 0 spiro atoms. The zero-order valence-electron chi connectivity index (χ0n) is 10.8. The van der Waals surface area contributed by atoms with Crippen LogP contribution in [0.3, 0.4) is 0 Å². The topological polar surface area (TPSA) is 71.1 Å². The molecule has 4 atom stereocenters.